The van der Waals surface area contributed by atoms with Gasteiger partial charge in [-0.25, -0.2) is 14.0 Å². The fourth-order valence-corrected chi connectivity index (χ4v) is 2.19. The van der Waals surface area contributed by atoms with E-state index >= 15 is 0 Å². The lowest BCUT2D eigenvalue weighted by atomic mass is 10.2. The van der Waals surface area contributed by atoms with Gasteiger partial charge in [-0.1, -0.05) is 12.1 Å². The minimum absolute atomic E-state index is 0.00188. The predicted octanol–water partition coefficient (Wildman–Crippen LogP) is 4.36. The number of nitrogens with one attached hydrogen (secondary N) is 2. The van der Waals surface area contributed by atoms with Crippen molar-refractivity contribution in [2.75, 3.05) is 10.6 Å². The van der Waals surface area contributed by atoms with E-state index in [2.05, 4.69) is 10.6 Å². The molecule has 0 fully saturated rings. The zero-order valence-electron chi connectivity index (χ0n) is 16.6. The van der Waals surface area contributed by atoms with Gasteiger partial charge in [0.1, 0.15) is 11.4 Å². The number of rotatable bonds is 5. The number of hydrogen-bond donors (Lipinski definition) is 2. The summed E-state index contributed by atoms with van der Waals surface area (Å²) in [6.07, 6.45) is -1.76. The second-order valence-electron chi connectivity index (χ2n) is 7.22. The number of ether oxygens (including phenoxy) is 2. The van der Waals surface area contributed by atoms with Crippen LogP contribution in [-0.2, 0) is 14.3 Å². The Morgan fingerprint density at radius 2 is 1.59 bits per heavy atom. The molecular formula is C21H23FN2O5. The van der Waals surface area contributed by atoms with E-state index in [-0.39, 0.29) is 11.3 Å². The maximum Gasteiger partial charge on any atom is 0.412 e. The molecule has 2 rings (SSSR count). The van der Waals surface area contributed by atoms with E-state index in [0.29, 0.717) is 5.69 Å². The first-order valence-electron chi connectivity index (χ1n) is 8.91. The lowest BCUT2D eigenvalue weighted by Gasteiger charge is -2.19. The summed E-state index contributed by atoms with van der Waals surface area (Å²) >= 11 is 0. The zero-order valence-corrected chi connectivity index (χ0v) is 16.6. The van der Waals surface area contributed by atoms with Crippen LogP contribution < -0.4 is 10.6 Å². The first-order chi connectivity index (χ1) is 13.5. The standard InChI is InChI=1S/C21H23FN2O5/c1-13(18(25)24-17-8-6-5-7-16(17)22)28-19(26)14-9-11-15(12-10-14)23-20(27)29-21(2,3)4/h5-13H,1-4H3,(H,23,27)(H,24,25)/t13-/m0/s1. The molecule has 1 atom stereocenters. The van der Waals surface area contributed by atoms with Crippen LogP contribution in [-0.4, -0.2) is 29.7 Å². The van der Waals surface area contributed by atoms with E-state index in [4.69, 9.17) is 9.47 Å². The Balaban J connectivity index is 1.92. The topological polar surface area (TPSA) is 93.7 Å². The Morgan fingerprint density at radius 1 is 0.966 bits per heavy atom. The molecule has 0 saturated carbocycles. The Kier molecular flexibility index (Phi) is 6.93. The molecular weight excluding hydrogens is 379 g/mol. The van der Waals surface area contributed by atoms with Crippen LogP contribution in [0.5, 0.6) is 0 Å². The van der Waals surface area contributed by atoms with Crippen molar-refractivity contribution < 1.29 is 28.2 Å². The van der Waals surface area contributed by atoms with Crippen LogP contribution in [0.1, 0.15) is 38.1 Å². The zero-order chi connectivity index (χ0) is 21.6. The number of anilines is 2. The first kappa shape index (κ1) is 21.9. The quantitative estimate of drug-likeness (QED) is 0.725. The molecule has 2 aromatic carbocycles. The van der Waals surface area contributed by atoms with E-state index in [9.17, 15) is 18.8 Å². The van der Waals surface area contributed by atoms with Crippen LogP contribution in [0.25, 0.3) is 0 Å². The molecule has 0 spiro atoms. The van der Waals surface area contributed by atoms with Crippen LogP contribution >= 0.6 is 0 Å². The molecule has 2 N–H and O–H groups in total. The number of carbonyl (C=O) groups is 3. The SMILES string of the molecule is C[C@H](OC(=O)c1ccc(NC(=O)OC(C)(C)C)cc1)C(=O)Nc1ccccc1F. The fraction of sp³-hybridized carbons (Fsp3) is 0.286. The number of amides is 2. The molecule has 0 heterocycles. The lowest BCUT2D eigenvalue weighted by molar-refractivity contribution is -0.123. The number of benzene rings is 2. The Labute approximate surface area is 168 Å². The van der Waals surface area contributed by atoms with Crippen molar-refractivity contribution in [2.24, 2.45) is 0 Å². The average Bonchev–Trinajstić information content (AvgIpc) is 2.62. The number of carbonyl (C=O) groups excluding carboxylic acids is 3. The van der Waals surface area contributed by atoms with Gasteiger partial charge < -0.3 is 14.8 Å². The van der Waals surface area contributed by atoms with E-state index in [0.717, 1.165) is 0 Å². The third-order valence-corrected chi connectivity index (χ3v) is 3.55. The summed E-state index contributed by atoms with van der Waals surface area (Å²) in [5.41, 5.74) is -0.0166. The highest BCUT2D eigenvalue weighted by molar-refractivity contribution is 5.97. The van der Waals surface area contributed by atoms with Crippen LogP contribution in [0.2, 0.25) is 0 Å². The van der Waals surface area contributed by atoms with Gasteiger partial charge in [-0.3, -0.25) is 10.1 Å². The molecule has 0 aliphatic rings. The van der Waals surface area contributed by atoms with Crippen molar-refractivity contribution >= 4 is 29.3 Å². The van der Waals surface area contributed by atoms with E-state index in [1.807, 2.05) is 0 Å². The van der Waals surface area contributed by atoms with Crippen molar-refractivity contribution in [1.29, 1.82) is 0 Å². The molecule has 154 valence electrons. The molecule has 2 amide bonds. The van der Waals surface area contributed by atoms with Gasteiger partial charge in [0.05, 0.1) is 11.3 Å². The van der Waals surface area contributed by atoms with Crippen LogP contribution in [0, 0.1) is 5.82 Å². The number of halogens is 1. The molecule has 0 aromatic heterocycles. The number of esters is 1. The monoisotopic (exact) mass is 402 g/mol. The van der Waals surface area contributed by atoms with Crippen molar-refractivity contribution in [3.05, 3.63) is 59.9 Å². The molecule has 8 heteroatoms. The maximum atomic E-state index is 13.6. The largest absolute Gasteiger partial charge is 0.449 e. The van der Waals surface area contributed by atoms with Crippen LogP contribution in [0.3, 0.4) is 0 Å². The predicted molar refractivity (Wildman–Crippen MR) is 106 cm³/mol. The molecule has 0 aliphatic heterocycles. The molecule has 0 aliphatic carbocycles. The van der Waals surface area contributed by atoms with Gasteiger partial charge in [-0.05, 0) is 64.1 Å². The Bertz CT molecular complexity index is 891. The molecule has 7 nitrogen and oxygen atoms in total. The first-order valence-corrected chi connectivity index (χ1v) is 8.91. The molecule has 0 radical (unpaired) electrons. The van der Waals surface area contributed by atoms with Gasteiger partial charge in [0, 0.05) is 5.69 Å². The summed E-state index contributed by atoms with van der Waals surface area (Å²) in [6.45, 7) is 6.62. The summed E-state index contributed by atoms with van der Waals surface area (Å²) in [5.74, 6) is -1.98. The van der Waals surface area contributed by atoms with Gasteiger partial charge in [-0.15, -0.1) is 0 Å². The second-order valence-corrected chi connectivity index (χ2v) is 7.22. The smallest absolute Gasteiger partial charge is 0.412 e. The fourth-order valence-electron chi connectivity index (χ4n) is 2.19. The van der Waals surface area contributed by atoms with Crippen LogP contribution in [0.15, 0.2) is 48.5 Å². The molecule has 0 unspecified atom stereocenters. The van der Waals surface area contributed by atoms with Gasteiger partial charge >= 0.3 is 12.1 Å². The third-order valence-electron chi connectivity index (χ3n) is 3.55. The van der Waals surface area contributed by atoms with Gasteiger partial charge in [-0.2, -0.15) is 0 Å². The maximum absolute atomic E-state index is 13.6. The van der Waals surface area contributed by atoms with E-state index < -0.39 is 35.5 Å². The van der Waals surface area contributed by atoms with Crippen molar-refractivity contribution in [1.82, 2.24) is 0 Å². The van der Waals surface area contributed by atoms with Crippen molar-refractivity contribution in [3.8, 4) is 0 Å². The van der Waals surface area contributed by atoms with E-state index in [1.165, 1.54) is 49.4 Å². The van der Waals surface area contributed by atoms with Crippen molar-refractivity contribution in [3.63, 3.8) is 0 Å². The normalized spacial score (nSPS) is 11.9. The van der Waals surface area contributed by atoms with Gasteiger partial charge in [0.2, 0.25) is 0 Å². The summed E-state index contributed by atoms with van der Waals surface area (Å²) in [4.78, 5) is 36.1. The minimum Gasteiger partial charge on any atom is -0.449 e. The van der Waals surface area contributed by atoms with Gasteiger partial charge in [0.15, 0.2) is 6.10 Å². The second kappa shape index (κ2) is 9.18. The summed E-state index contributed by atoms with van der Waals surface area (Å²) in [7, 11) is 0. The summed E-state index contributed by atoms with van der Waals surface area (Å²) < 4.78 is 23.9. The van der Waals surface area contributed by atoms with E-state index in [1.54, 1.807) is 26.8 Å². The lowest BCUT2D eigenvalue weighted by Crippen LogP contribution is -2.30. The van der Waals surface area contributed by atoms with Crippen LogP contribution in [0.4, 0.5) is 20.6 Å². The molecule has 0 saturated heterocycles. The Morgan fingerprint density at radius 3 is 2.17 bits per heavy atom. The minimum atomic E-state index is -1.14. The highest BCUT2D eigenvalue weighted by Gasteiger charge is 2.20. The summed E-state index contributed by atoms with van der Waals surface area (Å²) in [5, 5.41) is 4.91. The van der Waals surface area contributed by atoms with Gasteiger partial charge in [0.25, 0.3) is 5.91 Å². The highest BCUT2D eigenvalue weighted by Crippen LogP contribution is 2.16. The number of hydrogen-bond acceptors (Lipinski definition) is 5. The Hall–Kier alpha value is -3.42. The third kappa shape index (κ3) is 6.91. The molecule has 29 heavy (non-hydrogen) atoms. The molecule has 0 bridgehead atoms. The molecule has 2 aromatic rings. The average molecular weight is 402 g/mol. The summed E-state index contributed by atoms with van der Waals surface area (Å²) in [6, 6.07) is 11.6. The highest BCUT2D eigenvalue weighted by atomic mass is 19.1. The van der Waals surface area contributed by atoms with Crippen molar-refractivity contribution in [2.45, 2.75) is 39.4 Å². The number of para-hydroxylation sites is 1.